The zero-order valence-electron chi connectivity index (χ0n) is 14.2. The molecule has 2 heterocycles. The van der Waals surface area contributed by atoms with Gasteiger partial charge in [-0.05, 0) is 26.3 Å². The van der Waals surface area contributed by atoms with Crippen LogP contribution in [0.1, 0.15) is 42.9 Å². The summed E-state index contributed by atoms with van der Waals surface area (Å²) < 4.78 is 7.16. The van der Waals surface area contributed by atoms with Crippen LogP contribution in [0.25, 0.3) is 4.96 Å². The van der Waals surface area contributed by atoms with E-state index in [0.29, 0.717) is 11.3 Å². The molecule has 1 aromatic carbocycles. The number of hydrogen-bond acceptors (Lipinski definition) is 5. The molecule has 0 radical (unpaired) electrons. The Hall–Kier alpha value is -2.67. The lowest BCUT2D eigenvalue weighted by atomic mass is 10.1. The summed E-state index contributed by atoms with van der Waals surface area (Å²) in [5.41, 5.74) is 0.392. The molecule has 2 aromatic heterocycles. The third kappa shape index (κ3) is 3.88. The number of rotatable bonds is 4. The van der Waals surface area contributed by atoms with E-state index in [9.17, 15) is 9.59 Å². The lowest BCUT2D eigenvalue weighted by Crippen LogP contribution is -2.38. The minimum atomic E-state index is -0.892. The summed E-state index contributed by atoms with van der Waals surface area (Å²) >= 11 is 1.44. The summed E-state index contributed by atoms with van der Waals surface area (Å²) in [6.45, 7) is 5.38. The van der Waals surface area contributed by atoms with Gasteiger partial charge in [-0.3, -0.25) is 9.20 Å². The molecule has 0 spiro atoms. The van der Waals surface area contributed by atoms with Crippen molar-refractivity contribution in [1.82, 2.24) is 14.7 Å². The number of ether oxygens (including phenoxy) is 1. The van der Waals surface area contributed by atoms with Gasteiger partial charge < -0.3 is 10.1 Å². The predicted octanol–water partition coefficient (Wildman–Crippen LogP) is 3.21. The molecule has 1 N–H and O–H groups in total. The standard InChI is InChI=1S/C18H19N3O3S/c1-18(2,3)24-16(23)14(12-7-5-4-6-8-12)20-15(22)13-11-19-17-21(13)9-10-25-17/h4-11,14H,1-3H3,(H,20,22). The Morgan fingerprint density at radius 3 is 2.64 bits per heavy atom. The van der Waals surface area contributed by atoms with E-state index < -0.39 is 17.6 Å². The maximum absolute atomic E-state index is 12.7. The van der Waals surface area contributed by atoms with Crippen LogP contribution in [0.15, 0.2) is 48.1 Å². The van der Waals surface area contributed by atoms with E-state index >= 15 is 0 Å². The van der Waals surface area contributed by atoms with Crippen molar-refractivity contribution in [3.05, 3.63) is 59.4 Å². The molecule has 1 amide bonds. The highest BCUT2D eigenvalue weighted by Gasteiger charge is 2.29. The number of fused-ring (bicyclic) bond motifs is 1. The number of amides is 1. The molecular weight excluding hydrogens is 338 g/mol. The van der Waals surface area contributed by atoms with Gasteiger partial charge in [-0.1, -0.05) is 30.3 Å². The highest BCUT2D eigenvalue weighted by atomic mass is 32.1. The number of aromatic nitrogens is 2. The normalized spacial score (nSPS) is 12.8. The SMILES string of the molecule is CC(C)(C)OC(=O)C(NC(=O)c1cnc2sccn12)c1ccccc1. The minimum absolute atomic E-state index is 0.376. The van der Waals surface area contributed by atoms with Crippen LogP contribution in [-0.2, 0) is 9.53 Å². The summed E-state index contributed by atoms with van der Waals surface area (Å²) in [5.74, 6) is -0.885. The van der Waals surface area contributed by atoms with Crippen molar-refractivity contribution in [2.45, 2.75) is 32.4 Å². The highest BCUT2D eigenvalue weighted by Crippen LogP contribution is 2.20. The van der Waals surface area contributed by atoms with E-state index in [1.54, 1.807) is 43.5 Å². The van der Waals surface area contributed by atoms with Crippen LogP contribution in [0.4, 0.5) is 0 Å². The number of imidazole rings is 1. The van der Waals surface area contributed by atoms with Gasteiger partial charge >= 0.3 is 5.97 Å². The van der Waals surface area contributed by atoms with Gasteiger partial charge in [0.15, 0.2) is 11.0 Å². The molecule has 0 saturated heterocycles. The van der Waals surface area contributed by atoms with Gasteiger partial charge in [0.1, 0.15) is 11.3 Å². The number of benzene rings is 1. The van der Waals surface area contributed by atoms with Gasteiger partial charge in [0.05, 0.1) is 6.20 Å². The molecule has 0 aliphatic carbocycles. The monoisotopic (exact) mass is 357 g/mol. The average molecular weight is 357 g/mol. The van der Waals surface area contributed by atoms with Crippen LogP contribution in [-0.4, -0.2) is 26.9 Å². The minimum Gasteiger partial charge on any atom is -0.458 e. The molecule has 1 atom stereocenters. The smallest absolute Gasteiger partial charge is 0.333 e. The van der Waals surface area contributed by atoms with Gasteiger partial charge in [0.25, 0.3) is 5.91 Å². The van der Waals surface area contributed by atoms with Crippen LogP contribution in [0.2, 0.25) is 0 Å². The van der Waals surface area contributed by atoms with Crippen molar-refractivity contribution in [2.75, 3.05) is 0 Å². The molecular formula is C18H19N3O3S. The van der Waals surface area contributed by atoms with Crippen molar-refractivity contribution in [2.24, 2.45) is 0 Å². The fourth-order valence-corrected chi connectivity index (χ4v) is 3.08. The maximum Gasteiger partial charge on any atom is 0.333 e. The van der Waals surface area contributed by atoms with Crippen LogP contribution >= 0.6 is 11.3 Å². The summed E-state index contributed by atoms with van der Waals surface area (Å²) in [5, 5.41) is 4.62. The zero-order valence-corrected chi connectivity index (χ0v) is 15.0. The first-order chi connectivity index (χ1) is 11.8. The third-order valence-electron chi connectivity index (χ3n) is 3.43. The van der Waals surface area contributed by atoms with Crippen LogP contribution in [0.3, 0.4) is 0 Å². The van der Waals surface area contributed by atoms with Gasteiger partial charge in [0, 0.05) is 11.6 Å². The van der Waals surface area contributed by atoms with Gasteiger partial charge in [0.2, 0.25) is 0 Å². The number of esters is 1. The summed E-state index contributed by atoms with van der Waals surface area (Å²) in [7, 11) is 0. The Morgan fingerprint density at radius 2 is 1.96 bits per heavy atom. The maximum atomic E-state index is 12.7. The van der Waals surface area contributed by atoms with Crippen LogP contribution < -0.4 is 5.32 Å². The van der Waals surface area contributed by atoms with Crippen molar-refractivity contribution < 1.29 is 14.3 Å². The number of nitrogens with one attached hydrogen (secondary N) is 1. The van der Waals surface area contributed by atoms with Gasteiger partial charge in [-0.2, -0.15) is 0 Å². The van der Waals surface area contributed by atoms with Crippen molar-refractivity contribution >= 4 is 28.2 Å². The lowest BCUT2D eigenvalue weighted by molar-refractivity contribution is -0.157. The lowest BCUT2D eigenvalue weighted by Gasteiger charge is -2.24. The quantitative estimate of drug-likeness (QED) is 0.728. The molecule has 3 rings (SSSR count). The summed E-state index contributed by atoms with van der Waals surface area (Å²) in [4.78, 5) is 30.2. The second kappa shape index (κ2) is 6.68. The van der Waals surface area contributed by atoms with Crippen molar-refractivity contribution in [3.8, 4) is 0 Å². The summed E-state index contributed by atoms with van der Waals surface area (Å²) in [6.07, 6.45) is 3.27. The predicted molar refractivity (Wildman–Crippen MR) is 95.6 cm³/mol. The fourth-order valence-electron chi connectivity index (χ4n) is 2.38. The molecule has 1 unspecified atom stereocenters. The average Bonchev–Trinajstić information content (AvgIpc) is 3.14. The van der Waals surface area contributed by atoms with E-state index in [-0.39, 0.29) is 5.91 Å². The Kier molecular flexibility index (Phi) is 4.59. The Balaban J connectivity index is 1.88. The number of carbonyl (C=O) groups is 2. The van der Waals surface area contributed by atoms with E-state index in [1.165, 1.54) is 17.5 Å². The van der Waals surface area contributed by atoms with Gasteiger partial charge in [-0.15, -0.1) is 11.3 Å². The number of thiazole rings is 1. The molecule has 130 valence electrons. The molecule has 0 bridgehead atoms. The number of hydrogen-bond donors (Lipinski definition) is 1. The molecule has 7 heteroatoms. The highest BCUT2D eigenvalue weighted by molar-refractivity contribution is 7.15. The topological polar surface area (TPSA) is 72.7 Å². The molecule has 0 aliphatic rings. The van der Waals surface area contributed by atoms with Crippen molar-refractivity contribution in [3.63, 3.8) is 0 Å². The van der Waals surface area contributed by atoms with Gasteiger partial charge in [-0.25, -0.2) is 9.78 Å². The van der Waals surface area contributed by atoms with E-state index in [0.717, 1.165) is 4.96 Å². The van der Waals surface area contributed by atoms with Crippen LogP contribution in [0, 0.1) is 0 Å². The molecule has 0 saturated carbocycles. The molecule has 0 aliphatic heterocycles. The van der Waals surface area contributed by atoms with E-state index in [4.69, 9.17) is 4.74 Å². The Morgan fingerprint density at radius 1 is 1.24 bits per heavy atom. The second-order valence-electron chi connectivity index (χ2n) is 6.55. The fraction of sp³-hybridized carbons (Fsp3) is 0.278. The van der Waals surface area contributed by atoms with E-state index in [2.05, 4.69) is 10.3 Å². The largest absolute Gasteiger partial charge is 0.458 e. The summed E-state index contributed by atoms with van der Waals surface area (Å²) in [6, 6.07) is 8.15. The Labute approximate surface area is 149 Å². The first-order valence-electron chi connectivity index (χ1n) is 7.84. The van der Waals surface area contributed by atoms with Crippen LogP contribution in [0.5, 0.6) is 0 Å². The second-order valence-corrected chi connectivity index (χ2v) is 7.42. The molecule has 3 aromatic rings. The molecule has 6 nitrogen and oxygen atoms in total. The van der Waals surface area contributed by atoms with E-state index in [1.807, 2.05) is 23.6 Å². The number of carbonyl (C=O) groups excluding carboxylic acids is 2. The molecule has 0 fully saturated rings. The molecule has 25 heavy (non-hydrogen) atoms. The Bertz CT molecular complexity index is 893. The zero-order chi connectivity index (χ0) is 18.0. The first kappa shape index (κ1) is 17.2. The van der Waals surface area contributed by atoms with Crippen molar-refractivity contribution in [1.29, 1.82) is 0 Å². The number of nitrogens with zero attached hydrogens (tertiary/aromatic N) is 2. The first-order valence-corrected chi connectivity index (χ1v) is 8.72. The third-order valence-corrected chi connectivity index (χ3v) is 4.20.